The van der Waals surface area contributed by atoms with Gasteiger partial charge in [-0.05, 0) is 34.2 Å². The molecule has 0 aromatic carbocycles. The number of halogens is 1. The zero-order valence-electron chi connectivity index (χ0n) is 12.0. The monoisotopic (exact) mass is 313 g/mol. The van der Waals surface area contributed by atoms with Crippen molar-refractivity contribution in [3.63, 3.8) is 0 Å². The van der Waals surface area contributed by atoms with E-state index in [1.807, 2.05) is 0 Å². The van der Waals surface area contributed by atoms with Crippen molar-refractivity contribution < 1.29 is 0 Å². The molecule has 102 valence electrons. The van der Waals surface area contributed by atoms with Crippen LogP contribution >= 0.6 is 15.9 Å². The third kappa shape index (κ3) is 4.23. The van der Waals surface area contributed by atoms with Crippen molar-refractivity contribution >= 4 is 21.7 Å². The van der Waals surface area contributed by atoms with Crippen LogP contribution < -0.4 is 5.32 Å². The van der Waals surface area contributed by atoms with E-state index in [-0.39, 0.29) is 0 Å². The summed E-state index contributed by atoms with van der Waals surface area (Å²) in [5.74, 6) is 2.85. The van der Waals surface area contributed by atoms with Crippen molar-refractivity contribution in [1.82, 2.24) is 9.97 Å². The molecule has 0 spiro atoms. The summed E-state index contributed by atoms with van der Waals surface area (Å²) in [6.45, 7) is 11.8. The Bertz CT molecular complexity index is 389. The van der Waals surface area contributed by atoms with E-state index in [9.17, 15) is 0 Å². The summed E-state index contributed by atoms with van der Waals surface area (Å²) in [5.41, 5.74) is 1.10. The summed E-state index contributed by atoms with van der Waals surface area (Å²) in [5, 5.41) is 3.37. The Hall–Kier alpha value is -0.640. The van der Waals surface area contributed by atoms with Crippen molar-refractivity contribution in [2.75, 3.05) is 11.9 Å². The van der Waals surface area contributed by atoms with Gasteiger partial charge < -0.3 is 5.32 Å². The average Bonchev–Trinajstić information content (AvgIpc) is 2.28. The molecule has 18 heavy (non-hydrogen) atoms. The number of nitrogens with one attached hydrogen (secondary N) is 1. The van der Waals surface area contributed by atoms with E-state index in [1.54, 1.807) is 0 Å². The summed E-state index contributed by atoms with van der Waals surface area (Å²) in [6.07, 6.45) is 2.01. The van der Waals surface area contributed by atoms with Crippen molar-refractivity contribution in [3.8, 4) is 0 Å². The number of hydrogen-bond acceptors (Lipinski definition) is 3. The first-order chi connectivity index (χ1) is 8.45. The molecule has 0 aliphatic heterocycles. The van der Waals surface area contributed by atoms with Crippen LogP contribution in [-0.4, -0.2) is 16.5 Å². The van der Waals surface area contributed by atoms with Crippen molar-refractivity contribution in [3.05, 3.63) is 16.0 Å². The Morgan fingerprint density at radius 2 is 1.83 bits per heavy atom. The predicted octanol–water partition coefficient (Wildman–Crippen LogP) is 4.38. The summed E-state index contributed by atoms with van der Waals surface area (Å²) in [4.78, 5) is 9.31. The molecule has 1 N–H and O–H groups in total. The Kier molecular flexibility index (Phi) is 6.06. The second kappa shape index (κ2) is 7.07. The van der Waals surface area contributed by atoms with Gasteiger partial charge in [-0.1, -0.05) is 34.6 Å². The van der Waals surface area contributed by atoms with Crippen molar-refractivity contribution in [2.24, 2.45) is 5.92 Å². The number of rotatable bonds is 6. The highest BCUT2D eigenvalue weighted by atomic mass is 79.9. The van der Waals surface area contributed by atoms with E-state index in [2.05, 4.69) is 65.8 Å². The molecule has 0 fully saturated rings. The summed E-state index contributed by atoms with van der Waals surface area (Å²) in [6, 6.07) is 0. The lowest BCUT2D eigenvalue weighted by molar-refractivity contribution is 0.613. The van der Waals surface area contributed by atoms with Gasteiger partial charge in [0, 0.05) is 13.0 Å². The van der Waals surface area contributed by atoms with Crippen LogP contribution in [-0.2, 0) is 6.42 Å². The van der Waals surface area contributed by atoms with Crippen LogP contribution in [0.1, 0.15) is 58.5 Å². The maximum absolute atomic E-state index is 4.68. The number of nitrogens with zero attached hydrogens (tertiary/aromatic N) is 2. The molecule has 1 rings (SSSR count). The van der Waals surface area contributed by atoms with Gasteiger partial charge in [0.1, 0.15) is 11.6 Å². The highest BCUT2D eigenvalue weighted by Gasteiger charge is 2.15. The van der Waals surface area contributed by atoms with E-state index >= 15 is 0 Å². The fourth-order valence-corrected chi connectivity index (χ4v) is 2.49. The van der Waals surface area contributed by atoms with E-state index < -0.39 is 0 Å². The average molecular weight is 314 g/mol. The van der Waals surface area contributed by atoms with Gasteiger partial charge >= 0.3 is 0 Å². The minimum absolute atomic E-state index is 0.399. The van der Waals surface area contributed by atoms with Gasteiger partial charge in [-0.15, -0.1) is 0 Å². The van der Waals surface area contributed by atoms with Crippen LogP contribution in [0.2, 0.25) is 0 Å². The highest BCUT2D eigenvalue weighted by molar-refractivity contribution is 9.10. The van der Waals surface area contributed by atoms with Crippen LogP contribution in [0, 0.1) is 5.92 Å². The van der Waals surface area contributed by atoms with Gasteiger partial charge in [0.25, 0.3) is 0 Å². The zero-order chi connectivity index (χ0) is 13.7. The van der Waals surface area contributed by atoms with Crippen LogP contribution in [0.4, 0.5) is 5.82 Å². The lowest BCUT2D eigenvalue weighted by Crippen LogP contribution is -2.11. The SMILES string of the molecule is CCCNc1nc(CC(C)C)nc(C(C)C)c1Br. The quantitative estimate of drug-likeness (QED) is 0.846. The van der Waals surface area contributed by atoms with Gasteiger partial charge in [0.05, 0.1) is 10.2 Å². The molecule has 0 atom stereocenters. The first kappa shape index (κ1) is 15.4. The molecule has 0 aliphatic rings. The molecule has 0 bridgehead atoms. The molecule has 0 saturated carbocycles. The van der Waals surface area contributed by atoms with Crippen LogP contribution in [0.5, 0.6) is 0 Å². The summed E-state index contributed by atoms with van der Waals surface area (Å²) < 4.78 is 1.01. The van der Waals surface area contributed by atoms with E-state index in [0.717, 1.165) is 41.2 Å². The standard InChI is InChI=1S/C14H24BrN3/c1-6-7-16-14-12(15)13(10(4)5)17-11(18-14)8-9(2)3/h9-10H,6-8H2,1-5H3,(H,16,17,18). The minimum atomic E-state index is 0.399. The first-order valence-corrected chi connectivity index (χ1v) is 7.55. The van der Waals surface area contributed by atoms with Crippen LogP contribution in [0.3, 0.4) is 0 Å². The maximum Gasteiger partial charge on any atom is 0.144 e. The van der Waals surface area contributed by atoms with Gasteiger partial charge in [0.15, 0.2) is 0 Å². The number of aromatic nitrogens is 2. The van der Waals surface area contributed by atoms with Crippen LogP contribution in [0.25, 0.3) is 0 Å². The normalized spacial score (nSPS) is 11.3. The third-order valence-corrected chi connectivity index (χ3v) is 3.39. The molecule has 0 aliphatic carbocycles. The fourth-order valence-electron chi connectivity index (χ4n) is 1.71. The van der Waals surface area contributed by atoms with Crippen LogP contribution in [0.15, 0.2) is 4.47 Å². The lowest BCUT2D eigenvalue weighted by Gasteiger charge is -2.15. The molecule has 0 radical (unpaired) electrons. The largest absolute Gasteiger partial charge is 0.369 e. The predicted molar refractivity (Wildman–Crippen MR) is 81.1 cm³/mol. The lowest BCUT2D eigenvalue weighted by atomic mass is 10.1. The van der Waals surface area contributed by atoms with E-state index in [0.29, 0.717) is 11.8 Å². The number of anilines is 1. The second-order valence-corrected chi connectivity index (χ2v) is 6.16. The second-order valence-electron chi connectivity index (χ2n) is 5.37. The number of hydrogen-bond donors (Lipinski definition) is 1. The van der Waals surface area contributed by atoms with E-state index in [4.69, 9.17) is 0 Å². The van der Waals surface area contributed by atoms with Gasteiger partial charge in [-0.25, -0.2) is 9.97 Å². The Balaban J connectivity index is 3.10. The fraction of sp³-hybridized carbons (Fsp3) is 0.714. The third-order valence-electron chi connectivity index (χ3n) is 2.60. The maximum atomic E-state index is 4.68. The molecule has 0 unspecified atom stereocenters. The summed E-state index contributed by atoms with van der Waals surface area (Å²) in [7, 11) is 0. The molecule has 0 saturated heterocycles. The Morgan fingerprint density at radius 3 is 2.33 bits per heavy atom. The zero-order valence-corrected chi connectivity index (χ0v) is 13.6. The van der Waals surface area contributed by atoms with Crippen molar-refractivity contribution in [1.29, 1.82) is 0 Å². The molecule has 4 heteroatoms. The molecular formula is C14H24BrN3. The Labute approximate surface area is 119 Å². The minimum Gasteiger partial charge on any atom is -0.369 e. The molecule has 3 nitrogen and oxygen atoms in total. The van der Waals surface area contributed by atoms with Gasteiger partial charge in [-0.2, -0.15) is 0 Å². The Morgan fingerprint density at radius 1 is 1.17 bits per heavy atom. The molecular weight excluding hydrogens is 290 g/mol. The molecule has 1 aromatic rings. The van der Waals surface area contributed by atoms with Crippen molar-refractivity contribution in [2.45, 2.75) is 53.4 Å². The summed E-state index contributed by atoms with van der Waals surface area (Å²) >= 11 is 3.62. The molecule has 1 aromatic heterocycles. The van der Waals surface area contributed by atoms with Gasteiger partial charge in [-0.3, -0.25) is 0 Å². The topological polar surface area (TPSA) is 37.8 Å². The molecule has 1 heterocycles. The highest BCUT2D eigenvalue weighted by Crippen LogP contribution is 2.29. The first-order valence-electron chi connectivity index (χ1n) is 6.75. The smallest absolute Gasteiger partial charge is 0.144 e. The van der Waals surface area contributed by atoms with E-state index in [1.165, 1.54) is 0 Å². The molecule has 0 amide bonds. The van der Waals surface area contributed by atoms with Gasteiger partial charge in [0.2, 0.25) is 0 Å².